The Morgan fingerprint density at radius 1 is 1.63 bits per heavy atom. The van der Waals surface area contributed by atoms with Crippen LogP contribution in [0.4, 0.5) is 4.39 Å². The number of carbonyl (C=O) groups excluding carboxylic acids is 1. The minimum absolute atomic E-state index is 0.0508. The van der Waals surface area contributed by atoms with Crippen LogP contribution in [0.2, 0.25) is 0 Å². The third-order valence-electron chi connectivity index (χ3n) is 2.89. The van der Waals surface area contributed by atoms with E-state index in [0.717, 1.165) is 10.0 Å². The zero-order valence-corrected chi connectivity index (χ0v) is 12.3. The molecule has 2 atom stereocenters. The predicted molar refractivity (Wildman–Crippen MR) is 74.8 cm³/mol. The van der Waals surface area contributed by atoms with Gasteiger partial charge in [-0.15, -0.1) is 11.6 Å². The molecule has 1 amide bonds. The molecule has 1 aromatic rings. The number of alkyl halides is 2. The Morgan fingerprint density at radius 2 is 2.42 bits per heavy atom. The van der Waals surface area contributed by atoms with Crippen LogP contribution in [0, 0.1) is 5.92 Å². The fourth-order valence-corrected chi connectivity index (χ4v) is 2.47. The fraction of sp³-hybridized carbons (Fsp3) is 0.417. The van der Waals surface area contributed by atoms with E-state index in [1.807, 2.05) is 6.07 Å². The van der Waals surface area contributed by atoms with Crippen molar-refractivity contribution < 1.29 is 9.18 Å². The zero-order valence-electron chi connectivity index (χ0n) is 9.97. The molecule has 0 fully saturated rings. The Morgan fingerprint density at radius 3 is 3.05 bits per heavy atom. The van der Waals surface area contributed by atoms with Crippen molar-refractivity contribution in [3.05, 3.63) is 28.5 Å². The summed E-state index contributed by atoms with van der Waals surface area (Å²) < 4.78 is 13.6. The van der Waals surface area contributed by atoms with E-state index < -0.39 is 18.5 Å². The van der Waals surface area contributed by atoms with E-state index in [1.54, 1.807) is 18.6 Å². The molecule has 2 unspecified atom stereocenters. The van der Waals surface area contributed by atoms with E-state index in [-0.39, 0.29) is 11.9 Å². The maximum Gasteiger partial charge on any atom is 0.250 e. The summed E-state index contributed by atoms with van der Waals surface area (Å²) in [5.74, 6) is -1.29. The number of pyridine rings is 1. The molecule has 1 aliphatic rings. The molecule has 2 heterocycles. The van der Waals surface area contributed by atoms with Gasteiger partial charge in [-0.3, -0.25) is 14.2 Å². The zero-order chi connectivity index (χ0) is 13.8. The number of hydrogen-bond donors (Lipinski definition) is 0. The first kappa shape index (κ1) is 14.4. The van der Waals surface area contributed by atoms with Gasteiger partial charge in [-0.05, 0) is 27.6 Å². The molecule has 0 spiro atoms. The van der Waals surface area contributed by atoms with Gasteiger partial charge in [0.1, 0.15) is 6.67 Å². The van der Waals surface area contributed by atoms with Crippen LogP contribution in [0.3, 0.4) is 0 Å². The number of halogens is 3. The summed E-state index contributed by atoms with van der Waals surface area (Å²) in [6.45, 7) is -0.780. The Bertz CT molecular complexity index is 496. The molecular formula is C12H12BrClFN3O. The Balaban J connectivity index is 2.21. The van der Waals surface area contributed by atoms with Gasteiger partial charge in [0.25, 0.3) is 0 Å². The van der Waals surface area contributed by atoms with Crippen LogP contribution in [0.25, 0.3) is 0 Å². The van der Waals surface area contributed by atoms with Crippen LogP contribution in [-0.2, 0) is 4.79 Å². The minimum atomic E-state index is -0.848. The van der Waals surface area contributed by atoms with Gasteiger partial charge in [-0.25, -0.2) is 5.01 Å². The molecule has 102 valence electrons. The Kier molecular flexibility index (Phi) is 4.87. The van der Waals surface area contributed by atoms with Crippen molar-refractivity contribution in [2.24, 2.45) is 11.0 Å². The minimum Gasteiger partial charge on any atom is -0.272 e. The number of hydrogen-bond acceptors (Lipinski definition) is 3. The molecule has 1 aromatic heterocycles. The van der Waals surface area contributed by atoms with Gasteiger partial charge in [0.15, 0.2) is 0 Å². The van der Waals surface area contributed by atoms with Gasteiger partial charge < -0.3 is 0 Å². The van der Waals surface area contributed by atoms with Crippen LogP contribution < -0.4 is 0 Å². The first-order chi connectivity index (χ1) is 9.17. The van der Waals surface area contributed by atoms with Crippen molar-refractivity contribution in [3.8, 4) is 0 Å². The maximum atomic E-state index is 12.8. The molecule has 0 radical (unpaired) electrons. The van der Waals surface area contributed by atoms with Crippen molar-refractivity contribution >= 4 is 39.7 Å². The number of aromatic nitrogens is 1. The highest BCUT2D eigenvalue weighted by atomic mass is 79.9. The SMILES string of the molecule is O=C(C(CF)CCl)N1N=CCC1c1cncc(Br)c1. The van der Waals surface area contributed by atoms with Crippen LogP contribution in [0.15, 0.2) is 28.0 Å². The second-order valence-electron chi connectivity index (χ2n) is 4.17. The van der Waals surface area contributed by atoms with Gasteiger partial charge in [0, 0.05) is 35.4 Å². The molecular weight excluding hydrogens is 337 g/mol. The lowest BCUT2D eigenvalue weighted by Crippen LogP contribution is -2.34. The quantitative estimate of drug-likeness (QED) is 0.785. The standard InChI is InChI=1S/C12H12BrClFN3O/c13-10-3-8(6-16-7-10)11-1-2-17-18(11)12(19)9(4-14)5-15/h2-3,6-7,9,11H,1,4-5H2. The lowest BCUT2D eigenvalue weighted by atomic mass is 10.1. The average molecular weight is 349 g/mol. The summed E-state index contributed by atoms with van der Waals surface area (Å²) in [4.78, 5) is 16.2. The lowest BCUT2D eigenvalue weighted by Gasteiger charge is -2.24. The molecule has 0 saturated carbocycles. The average Bonchev–Trinajstić information content (AvgIpc) is 2.89. The summed E-state index contributed by atoms with van der Waals surface area (Å²) in [7, 11) is 0. The van der Waals surface area contributed by atoms with E-state index >= 15 is 0 Å². The lowest BCUT2D eigenvalue weighted by molar-refractivity contribution is -0.137. The third-order valence-corrected chi connectivity index (χ3v) is 3.69. The molecule has 0 aromatic carbocycles. The van der Waals surface area contributed by atoms with Crippen LogP contribution in [0.1, 0.15) is 18.0 Å². The summed E-state index contributed by atoms with van der Waals surface area (Å²) in [6, 6.07) is 1.63. The number of hydrazone groups is 1. The van der Waals surface area contributed by atoms with E-state index in [9.17, 15) is 9.18 Å². The van der Waals surface area contributed by atoms with E-state index in [4.69, 9.17) is 11.6 Å². The highest BCUT2D eigenvalue weighted by Gasteiger charge is 2.32. The molecule has 7 heteroatoms. The van der Waals surface area contributed by atoms with Gasteiger partial charge in [-0.2, -0.15) is 5.10 Å². The van der Waals surface area contributed by atoms with Gasteiger partial charge in [-0.1, -0.05) is 0 Å². The van der Waals surface area contributed by atoms with Crippen molar-refractivity contribution in [2.45, 2.75) is 12.5 Å². The summed E-state index contributed by atoms with van der Waals surface area (Å²) in [5, 5.41) is 5.33. The second kappa shape index (κ2) is 6.43. The normalized spacial score (nSPS) is 19.7. The molecule has 0 bridgehead atoms. The van der Waals surface area contributed by atoms with Crippen molar-refractivity contribution in [2.75, 3.05) is 12.6 Å². The largest absolute Gasteiger partial charge is 0.272 e. The van der Waals surface area contributed by atoms with Gasteiger partial charge >= 0.3 is 0 Å². The molecule has 4 nitrogen and oxygen atoms in total. The van der Waals surface area contributed by atoms with E-state index in [1.165, 1.54) is 5.01 Å². The Hall–Kier alpha value is -1.01. The summed E-state index contributed by atoms with van der Waals surface area (Å²) in [6.07, 6.45) is 5.57. The van der Waals surface area contributed by atoms with Crippen LogP contribution in [0.5, 0.6) is 0 Å². The third kappa shape index (κ3) is 3.12. The monoisotopic (exact) mass is 347 g/mol. The first-order valence-corrected chi connectivity index (χ1v) is 7.08. The highest BCUT2D eigenvalue weighted by molar-refractivity contribution is 9.10. The van der Waals surface area contributed by atoms with Crippen molar-refractivity contribution in [1.29, 1.82) is 0 Å². The number of rotatable bonds is 4. The summed E-state index contributed by atoms with van der Waals surface area (Å²) >= 11 is 8.94. The fourth-order valence-electron chi connectivity index (χ4n) is 1.87. The number of nitrogens with zero attached hydrogens (tertiary/aromatic N) is 3. The molecule has 0 aliphatic carbocycles. The highest BCUT2D eigenvalue weighted by Crippen LogP contribution is 2.30. The molecule has 0 N–H and O–H groups in total. The Labute approximate surface area is 123 Å². The molecule has 2 rings (SSSR count). The van der Waals surface area contributed by atoms with E-state index in [2.05, 4.69) is 26.0 Å². The molecule has 0 saturated heterocycles. The van der Waals surface area contributed by atoms with Crippen molar-refractivity contribution in [3.63, 3.8) is 0 Å². The first-order valence-electron chi connectivity index (χ1n) is 5.75. The molecule has 19 heavy (non-hydrogen) atoms. The van der Waals surface area contributed by atoms with Gasteiger partial charge in [0.2, 0.25) is 5.91 Å². The maximum absolute atomic E-state index is 12.8. The van der Waals surface area contributed by atoms with E-state index in [0.29, 0.717) is 6.42 Å². The second-order valence-corrected chi connectivity index (χ2v) is 5.40. The van der Waals surface area contributed by atoms with Crippen LogP contribution in [-0.4, -0.2) is 34.7 Å². The predicted octanol–water partition coefficient (Wildman–Crippen LogP) is 2.93. The summed E-state index contributed by atoms with van der Waals surface area (Å²) in [5.41, 5.74) is 0.854. The topological polar surface area (TPSA) is 45.6 Å². The molecule has 1 aliphatic heterocycles. The van der Waals surface area contributed by atoms with Crippen molar-refractivity contribution in [1.82, 2.24) is 9.99 Å². The van der Waals surface area contributed by atoms with Gasteiger partial charge in [0.05, 0.1) is 12.0 Å². The number of amides is 1. The smallest absolute Gasteiger partial charge is 0.250 e. The van der Waals surface area contributed by atoms with Crippen LogP contribution >= 0.6 is 27.5 Å². The number of carbonyl (C=O) groups is 1.